The molecule has 3 heteroatoms. The summed E-state index contributed by atoms with van der Waals surface area (Å²) in [4.78, 5) is 12.0. The van der Waals surface area contributed by atoms with E-state index < -0.39 is 5.82 Å². The summed E-state index contributed by atoms with van der Waals surface area (Å²) < 4.78 is 13.6. The number of allylic oxidation sites excluding steroid dienone is 2. The fourth-order valence-corrected chi connectivity index (χ4v) is 1.92. The minimum absolute atomic E-state index is 0.0113. The molecule has 0 aliphatic rings. The molecule has 0 radical (unpaired) electrons. The summed E-state index contributed by atoms with van der Waals surface area (Å²) in [6, 6.07) is 13.4. The van der Waals surface area contributed by atoms with Crippen molar-refractivity contribution in [1.82, 2.24) is 0 Å². The number of carbonyl (C=O) groups excluding carboxylic acids is 1. The van der Waals surface area contributed by atoms with Crippen LogP contribution in [-0.2, 0) is 0 Å². The van der Waals surface area contributed by atoms with E-state index in [4.69, 9.17) is 11.6 Å². The van der Waals surface area contributed by atoms with Crippen LogP contribution in [0.4, 0.5) is 4.39 Å². The van der Waals surface area contributed by atoms with Crippen molar-refractivity contribution in [1.29, 1.82) is 0 Å². The Bertz CT molecular complexity index is 632. The van der Waals surface area contributed by atoms with Crippen molar-refractivity contribution in [2.24, 2.45) is 0 Å². The van der Waals surface area contributed by atoms with Gasteiger partial charge in [0.05, 0.1) is 5.56 Å². The van der Waals surface area contributed by atoms with Crippen LogP contribution in [0.5, 0.6) is 0 Å². The van der Waals surface area contributed by atoms with Crippen LogP contribution in [0.25, 0.3) is 5.57 Å². The van der Waals surface area contributed by atoms with Crippen molar-refractivity contribution in [3.63, 3.8) is 0 Å². The fraction of sp³-hybridized carbons (Fsp3) is 0.0625. The highest BCUT2D eigenvalue weighted by molar-refractivity contribution is 6.31. The molecule has 0 bridgehead atoms. The normalized spacial score (nSPS) is 11.4. The quantitative estimate of drug-likeness (QED) is 0.582. The maximum atomic E-state index is 13.6. The van der Waals surface area contributed by atoms with E-state index in [1.54, 1.807) is 0 Å². The summed E-state index contributed by atoms with van der Waals surface area (Å²) in [6.45, 7) is 1.82. The topological polar surface area (TPSA) is 17.1 Å². The summed E-state index contributed by atoms with van der Waals surface area (Å²) >= 11 is 5.77. The lowest BCUT2D eigenvalue weighted by atomic mass is 10.0. The monoisotopic (exact) mass is 274 g/mol. The maximum Gasteiger partial charge on any atom is 0.189 e. The van der Waals surface area contributed by atoms with Crippen LogP contribution in [0.2, 0.25) is 5.02 Å². The minimum Gasteiger partial charge on any atom is -0.289 e. The van der Waals surface area contributed by atoms with Gasteiger partial charge in [0.15, 0.2) is 5.78 Å². The molecular formula is C16H12ClFO. The van der Waals surface area contributed by atoms with Gasteiger partial charge in [-0.3, -0.25) is 4.79 Å². The second-order valence-corrected chi connectivity index (χ2v) is 4.62. The van der Waals surface area contributed by atoms with Crippen molar-refractivity contribution < 1.29 is 9.18 Å². The summed E-state index contributed by atoms with van der Waals surface area (Å²) in [5.74, 6) is -0.951. The van der Waals surface area contributed by atoms with Gasteiger partial charge in [-0.1, -0.05) is 41.9 Å². The van der Waals surface area contributed by atoms with Gasteiger partial charge in [-0.25, -0.2) is 4.39 Å². The van der Waals surface area contributed by atoms with E-state index >= 15 is 0 Å². The number of benzene rings is 2. The highest BCUT2D eigenvalue weighted by atomic mass is 35.5. The number of hydrogen-bond acceptors (Lipinski definition) is 1. The van der Waals surface area contributed by atoms with Crippen molar-refractivity contribution in [2.75, 3.05) is 0 Å². The Morgan fingerprint density at radius 1 is 1.16 bits per heavy atom. The first-order valence-corrected chi connectivity index (χ1v) is 6.19. The molecule has 0 aliphatic carbocycles. The third-order valence-corrected chi connectivity index (χ3v) is 3.01. The molecule has 0 saturated carbocycles. The molecule has 0 amide bonds. The van der Waals surface area contributed by atoms with Gasteiger partial charge < -0.3 is 0 Å². The molecule has 2 rings (SSSR count). The average Bonchev–Trinajstić information content (AvgIpc) is 2.42. The molecule has 1 nitrogen and oxygen atoms in total. The molecule has 0 heterocycles. The highest BCUT2D eigenvalue weighted by Gasteiger charge is 2.10. The predicted octanol–water partition coefficient (Wildman–Crippen LogP) is 4.77. The molecule has 0 N–H and O–H groups in total. The Kier molecular flexibility index (Phi) is 4.13. The van der Waals surface area contributed by atoms with Crippen molar-refractivity contribution >= 4 is 23.0 Å². The van der Waals surface area contributed by atoms with E-state index in [9.17, 15) is 9.18 Å². The van der Waals surface area contributed by atoms with E-state index in [2.05, 4.69) is 0 Å². The largest absolute Gasteiger partial charge is 0.289 e. The summed E-state index contributed by atoms with van der Waals surface area (Å²) in [5, 5.41) is 0.343. The van der Waals surface area contributed by atoms with Crippen LogP contribution in [0.3, 0.4) is 0 Å². The highest BCUT2D eigenvalue weighted by Crippen LogP contribution is 2.18. The van der Waals surface area contributed by atoms with Gasteiger partial charge in [-0.05, 0) is 42.3 Å². The number of ketones is 1. The first-order valence-electron chi connectivity index (χ1n) is 5.81. The van der Waals surface area contributed by atoms with E-state index in [1.807, 2.05) is 37.3 Å². The SMILES string of the molecule is C/C(=C/C(=O)c1cc(Cl)ccc1F)c1ccccc1. The van der Waals surface area contributed by atoms with Gasteiger partial charge in [0.1, 0.15) is 5.82 Å². The number of carbonyl (C=O) groups is 1. The lowest BCUT2D eigenvalue weighted by Gasteiger charge is -2.03. The molecule has 0 aliphatic heterocycles. The third-order valence-electron chi connectivity index (χ3n) is 2.77. The van der Waals surface area contributed by atoms with Crippen LogP contribution in [0, 0.1) is 5.82 Å². The Morgan fingerprint density at radius 3 is 2.53 bits per heavy atom. The van der Waals surface area contributed by atoms with Crippen LogP contribution in [0.15, 0.2) is 54.6 Å². The fourth-order valence-electron chi connectivity index (χ4n) is 1.75. The van der Waals surface area contributed by atoms with E-state index in [-0.39, 0.29) is 11.3 Å². The van der Waals surface area contributed by atoms with Crippen molar-refractivity contribution in [2.45, 2.75) is 6.92 Å². The van der Waals surface area contributed by atoms with Crippen LogP contribution in [-0.4, -0.2) is 5.78 Å². The zero-order valence-corrected chi connectivity index (χ0v) is 11.1. The summed E-state index contributed by atoms with van der Waals surface area (Å²) in [5.41, 5.74) is 1.70. The lowest BCUT2D eigenvalue weighted by Crippen LogP contribution is -1.99. The zero-order valence-electron chi connectivity index (χ0n) is 10.4. The van der Waals surface area contributed by atoms with Gasteiger partial charge in [-0.2, -0.15) is 0 Å². The van der Waals surface area contributed by atoms with Crippen LogP contribution < -0.4 is 0 Å². The Morgan fingerprint density at radius 2 is 1.84 bits per heavy atom. The molecule has 2 aromatic carbocycles. The molecule has 2 aromatic rings. The Labute approximate surface area is 116 Å². The molecule has 0 unspecified atom stereocenters. The Balaban J connectivity index is 2.33. The molecule has 0 spiro atoms. The molecule has 0 aromatic heterocycles. The Hall–Kier alpha value is -1.93. The molecular weight excluding hydrogens is 263 g/mol. The zero-order chi connectivity index (χ0) is 13.8. The van der Waals surface area contributed by atoms with Crippen LogP contribution >= 0.6 is 11.6 Å². The number of halogens is 2. The summed E-state index contributed by atoms with van der Waals surface area (Å²) in [6.07, 6.45) is 1.42. The molecule has 96 valence electrons. The predicted molar refractivity (Wildman–Crippen MR) is 75.8 cm³/mol. The van der Waals surface area contributed by atoms with E-state index in [1.165, 1.54) is 24.3 Å². The number of hydrogen-bond donors (Lipinski definition) is 0. The smallest absolute Gasteiger partial charge is 0.189 e. The summed E-state index contributed by atoms with van der Waals surface area (Å²) in [7, 11) is 0. The van der Waals surface area contributed by atoms with Gasteiger partial charge in [-0.15, -0.1) is 0 Å². The lowest BCUT2D eigenvalue weighted by molar-refractivity contribution is 0.104. The first-order chi connectivity index (χ1) is 9.08. The minimum atomic E-state index is -0.563. The number of rotatable bonds is 3. The first kappa shape index (κ1) is 13.5. The molecule has 19 heavy (non-hydrogen) atoms. The standard InChI is InChI=1S/C16H12ClFO/c1-11(12-5-3-2-4-6-12)9-16(19)14-10-13(17)7-8-15(14)18/h2-10H,1H3/b11-9-. The molecule has 0 fully saturated rings. The second kappa shape index (κ2) is 5.81. The second-order valence-electron chi connectivity index (χ2n) is 4.18. The molecule has 0 atom stereocenters. The van der Waals surface area contributed by atoms with Crippen molar-refractivity contribution in [3.05, 3.63) is 76.6 Å². The van der Waals surface area contributed by atoms with Crippen molar-refractivity contribution in [3.8, 4) is 0 Å². The van der Waals surface area contributed by atoms with Gasteiger partial charge >= 0.3 is 0 Å². The van der Waals surface area contributed by atoms with Crippen LogP contribution in [0.1, 0.15) is 22.8 Å². The maximum absolute atomic E-state index is 13.6. The van der Waals surface area contributed by atoms with E-state index in [0.717, 1.165) is 11.1 Å². The third kappa shape index (κ3) is 3.30. The van der Waals surface area contributed by atoms with Gasteiger partial charge in [0.25, 0.3) is 0 Å². The van der Waals surface area contributed by atoms with E-state index in [0.29, 0.717) is 5.02 Å². The van der Waals surface area contributed by atoms with Gasteiger partial charge in [0, 0.05) is 5.02 Å². The molecule has 0 saturated heterocycles. The average molecular weight is 275 g/mol. The van der Waals surface area contributed by atoms with Gasteiger partial charge in [0.2, 0.25) is 0 Å².